The van der Waals surface area contributed by atoms with Crippen LogP contribution in [0, 0.1) is 0 Å². The summed E-state index contributed by atoms with van der Waals surface area (Å²) in [4.78, 5) is 10.8. The molecule has 80 valence electrons. The Kier molecular flexibility index (Phi) is 4.05. The maximum Gasteiger partial charge on any atom is 0.220 e. The zero-order valence-corrected chi connectivity index (χ0v) is 8.92. The summed E-state index contributed by atoms with van der Waals surface area (Å²) in [6, 6.07) is 7.07. The average Bonchev–Trinajstić information content (AvgIpc) is 2.17. The number of thiocarbonyl (C=S) groups is 1. The maximum absolute atomic E-state index is 10.5. The summed E-state index contributed by atoms with van der Waals surface area (Å²) in [6.45, 7) is 0.260. The number of amides is 1. The van der Waals surface area contributed by atoms with Gasteiger partial charge in [0.15, 0.2) is 0 Å². The molecule has 4 nitrogen and oxygen atoms in total. The van der Waals surface area contributed by atoms with E-state index in [1.54, 1.807) is 24.3 Å². The van der Waals surface area contributed by atoms with Crippen molar-refractivity contribution in [1.29, 1.82) is 0 Å². The van der Waals surface area contributed by atoms with Crippen LogP contribution in [0.25, 0.3) is 0 Å². The number of carbonyl (C=O) groups is 1. The fraction of sp³-hybridized carbons (Fsp3) is 0.200. The Bertz CT molecular complexity index is 379. The molecule has 0 saturated carbocycles. The van der Waals surface area contributed by atoms with Crippen molar-refractivity contribution in [1.82, 2.24) is 0 Å². The standard InChI is InChI=1S/C10H12N2O2S/c11-9(13)4-5-14-8-3-1-2-7(6-8)10(12)15/h1-3,6H,4-5H2,(H2,11,13)(H2,12,15). The molecule has 0 aromatic heterocycles. The van der Waals surface area contributed by atoms with Crippen LogP contribution in [0.2, 0.25) is 0 Å². The molecule has 4 N–H and O–H groups in total. The maximum atomic E-state index is 10.5. The van der Waals surface area contributed by atoms with Gasteiger partial charge in [-0.3, -0.25) is 4.79 Å². The van der Waals surface area contributed by atoms with Gasteiger partial charge in [-0.15, -0.1) is 0 Å². The fourth-order valence-electron chi connectivity index (χ4n) is 1.01. The number of primary amides is 1. The van der Waals surface area contributed by atoms with Crippen molar-refractivity contribution in [2.24, 2.45) is 11.5 Å². The molecule has 0 aliphatic rings. The minimum atomic E-state index is -0.388. The number of hydrogen-bond donors (Lipinski definition) is 2. The Morgan fingerprint density at radius 2 is 2.13 bits per heavy atom. The third-order valence-corrected chi connectivity index (χ3v) is 1.97. The lowest BCUT2D eigenvalue weighted by atomic mass is 10.2. The molecule has 0 spiro atoms. The van der Waals surface area contributed by atoms with Crippen LogP contribution in [0.15, 0.2) is 24.3 Å². The van der Waals surface area contributed by atoms with Gasteiger partial charge in [-0.25, -0.2) is 0 Å². The quantitative estimate of drug-likeness (QED) is 0.717. The highest BCUT2D eigenvalue weighted by Gasteiger charge is 2.00. The molecule has 1 rings (SSSR count). The van der Waals surface area contributed by atoms with Crippen molar-refractivity contribution in [2.45, 2.75) is 6.42 Å². The highest BCUT2D eigenvalue weighted by Crippen LogP contribution is 2.13. The normalized spacial score (nSPS) is 9.60. The van der Waals surface area contributed by atoms with E-state index in [-0.39, 0.29) is 18.9 Å². The fourth-order valence-corrected chi connectivity index (χ4v) is 1.14. The Morgan fingerprint density at radius 1 is 1.40 bits per heavy atom. The molecular weight excluding hydrogens is 212 g/mol. The van der Waals surface area contributed by atoms with Gasteiger partial charge >= 0.3 is 0 Å². The third-order valence-electron chi connectivity index (χ3n) is 1.74. The molecule has 0 saturated heterocycles. The monoisotopic (exact) mass is 224 g/mol. The molecule has 0 heterocycles. The molecule has 1 aromatic carbocycles. The topological polar surface area (TPSA) is 78.3 Å². The van der Waals surface area contributed by atoms with Crippen LogP contribution in [0.1, 0.15) is 12.0 Å². The molecule has 15 heavy (non-hydrogen) atoms. The van der Waals surface area contributed by atoms with E-state index in [1.807, 2.05) is 0 Å². The van der Waals surface area contributed by atoms with Crippen LogP contribution < -0.4 is 16.2 Å². The van der Waals surface area contributed by atoms with Gasteiger partial charge in [-0.05, 0) is 12.1 Å². The van der Waals surface area contributed by atoms with Gasteiger partial charge in [0.1, 0.15) is 10.7 Å². The second-order valence-corrected chi connectivity index (χ2v) is 3.40. The third kappa shape index (κ3) is 3.95. The molecule has 1 amide bonds. The minimum absolute atomic E-state index is 0.192. The summed E-state index contributed by atoms with van der Waals surface area (Å²) in [5, 5.41) is 0. The summed E-state index contributed by atoms with van der Waals surface area (Å²) >= 11 is 4.82. The molecule has 0 atom stereocenters. The number of rotatable bonds is 5. The highest BCUT2D eigenvalue weighted by molar-refractivity contribution is 7.80. The number of ether oxygens (including phenoxy) is 1. The molecule has 0 radical (unpaired) electrons. The molecular formula is C10H12N2O2S. The van der Waals surface area contributed by atoms with Crippen LogP contribution in [-0.4, -0.2) is 17.5 Å². The van der Waals surface area contributed by atoms with Crippen molar-refractivity contribution in [3.8, 4) is 5.75 Å². The highest BCUT2D eigenvalue weighted by atomic mass is 32.1. The second-order valence-electron chi connectivity index (χ2n) is 2.96. The Morgan fingerprint density at radius 3 is 2.73 bits per heavy atom. The smallest absolute Gasteiger partial charge is 0.220 e. The Hall–Kier alpha value is -1.62. The number of hydrogen-bond acceptors (Lipinski definition) is 3. The van der Waals surface area contributed by atoms with Crippen LogP contribution in [0.5, 0.6) is 5.75 Å². The van der Waals surface area contributed by atoms with Crippen molar-refractivity contribution in [2.75, 3.05) is 6.61 Å². The minimum Gasteiger partial charge on any atom is -0.493 e. The van der Waals surface area contributed by atoms with Crippen LogP contribution in [-0.2, 0) is 4.79 Å². The summed E-state index contributed by atoms with van der Waals surface area (Å²) in [5.41, 5.74) is 11.2. The molecule has 0 aliphatic heterocycles. The van der Waals surface area contributed by atoms with E-state index in [9.17, 15) is 4.79 Å². The summed E-state index contributed by atoms with van der Waals surface area (Å²) in [7, 11) is 0. The van der Waals surface area contributed by atoms with Crippen LogP contribution in [0.4, 0.5) is 0 Å². The Balaban J connectivity index is 2.58. The Labute approximate surface area is 93.2 Å². The van der Waals surface area contributed by atoms with E-state index in [0.717, 1.165) is 5.56 Å². The van der Waals surface area contributed by atoms with Gasteiger partial charge in [-0.2, -0.15) is 0 Å². The summed E-state index contributed by atoms with van der Waals surface area (Å²) < 4.78 is 5.29. The van der Waals surface area contributed by atoms with E-state index in [4.69, 9.17) is 28.4 Å². The van der Waals surface area contributed by atoms with E-state index >= 15 is 0 Å². The molecule has 0 bridgehead atoms. The summed E-state index contributed by atoms with van der Waals surface area (Å²) in [6.07, 6.45) is 0.192. The zero-order chi connectivity index (χ0) is 11.3. The number of nitrogens with two attached hydrogens (primary N) is 2. The lowest BCUT2D eigenvalue weighted by molar-refractivity contribution is -0.118. The van der Waals surface area contributed by atoms with E-state index < -0.39 is 0 Å². The first-order chi connectivity index (χ1) is 7.09. The van der Waals surface area contributed by atoms with Gasteiger partial charge in [-0.1, -0.05) is 24.4 Å². The van der Waals surface area contributed by atoms with Gasteiger partial charge in [0, 0.05) is 5.56 Å². The number of benzene rings is 1. The van der Waals surface area contributed by atoms with Gasteiger partial charge in [0.05, 0.1) is 13.0 Å². The lowest BCUT2D eigenvalue weighted by Gasteiger charge is -2.06. The van der Waals surface area contributed by atoms with Gasteiger partial charge in [0.25, 0.3) is 0 Å². The van der Waals surface area contributed by atoms with Crippen molar-refractivity contribution >= 4 is 23.1 Å². The van der Waals surface area contributed by atoms with Crippen LogP contribution in [0.3, 0.4) is 0 Å². The van der Waals surface area contributed by atoms with Crippen molar-refractivity contribution < 1.29 is 9.53 Å². The van der Waals surface area contributed by atoms with E-state index in [2.05, 4.69) is 0 Å². The van der Waals surface area contributed by atoms with Crippen LogP contribution >= 0.6 is 12.2 Å². The molecule has 5 heteroatoms. The predicted octanol–water partition coefficient (Wildman–Crippen LogP) is 0.575. The second kappa shape index (κ2) is 5.31. The molecule has 0 unspecified atom stereocenters. The molecule has 0 aliphatic carbocycles. The first-order valence-corrected chi connectivity index (χ1v) is 4.81. The van der Waals surface area contributed by atoms with Crippen molar-refractivity contribution in [3.05, 3.63) is 29.8 Å². The first kappa shape index (κ1) is 11.5. The van der Waals surface area contributed by atoms with Gasteiger partial charge in [0.2, 0.25) is 5.91 Å². The van der Waals surface area contributed by atoms with E-state index in [1.165, 1.54) is 0 Å². The largest absolute Gasteiger partial charge is 0.493 e. The predicted molar refractivity (Wildman–Crippen MR) is 61.6 cm³/mol. The molecule has 1 aromatic rings. The molecule has 0 fully saturated rings. The number of carbonyl (C=O) groups excluding carboxylic acids is 1. The summed E-state index contributed by atoms with van der Waals surface area (Å²) in [5.74, 6) is 0.238. The van der Waals surface area contributed by atoms with Gasteiger partial charge < -0.3 is 16.2 Å². The van der Waals surface area contributed by atoms with Crippen molar-refractivity contribution in [3.63, 3.8) is 0 Å². The average molecular weight is 224 g/mol. The first-order valence-electron chi connectivity index (χ1n) is 4.40. The van der Waals surface area contributed by atoms with E-state index in [0.29, 0.717) is 10.7 Å². The SMILES string of the molecule is NC(=O)CCOc1cccc(C(N)=S)c1. The zero-order valence-electron chi connectivity index (χ0n) is 8.10. The lowest BCUT2D eigenvalue weighted by Crippen LogP contribution is -2.15.